The summed E-state index contributed by atoms with van der Waals surface area (Å²) in [4.78, 5) is 13.9. The zero-order valence-electron chi connectivity index (χ0n) is 14.5. The molecule has 0 spiro atoms. The lowest BCUT2D eigenvalue weighted by molar-refractivity contribution is -0.119. The molecule has 1 aromatic carbocycles. The Labute approximate surface area is 148 Å². The average molecular weight is 353 g/mol. The minimum atomic E-state index is 0.0543. The molecule has 0 saturated carbocycles. The van der Waals surface area contributed by atoms with E-state index in [1.165, 1.54) is 0 Å². The van der Waals surface area contributed by atoms with Crippen molar-refractivity contribution in [2.24, 2.45) is 5.92 Å². The lowest BCUT2D eigenvalue weighted by Gasteiger charge is -2.34. The van der Waals surface area contributed by atoms with Gasteiger partial charge in [0.05, 0.1) is 13.2 Å². The molecule has 1 amide bonds. The van der Waals surface area contributed by atoms with Crippen LogP contribution in [-0.2, 0) is 11.3 Å². The molecule has 0 aromatic heterocycles. The van der Waals surface area contributed by atoms with Crippen LogP contribution in [0.25, 0.3) is 0 Å². The van der Waals surface area contributed by atoms with Gasteiger partial charge in [-0.05, 0) is 38.8 Å². The number of rotatable bonds is 5. The molecule has 0 aliphatic carbocycles. The number of nitrogens with one attached hydrogen (secondary N) is 1. The van der Waals surface area contributed by atoms with Gasteiger partial charge in [0.1, 0.15) is 0 Å². The molecule has 6 heteroatoms. The second-order valence-electron chi connectivity index (χ2n) is 6.92. The molecule has 132 valence electrons. The standard InChI is InChI=1S/C18H25ClN2O3/c1-11(2)24-18-13(6-14(19)8-16(18)23-3)9-21-5-4-12-7-17(22)20-15(12)10-21/h6,8,11-12,15H,4-5,7,9-10H2,1-3H3,(H,20,22)/t12-,15-/m1/s1. The summed E-state index contributed by atoms with van der Waals surface area (Å²) in [5.74, 6) is 2.08. The Kier molecular flexibility index (Phi) is 5.21. The number of halogens is 1. The molecule has 2 saturated heterocycles. The maximum Gasteiger partial charge on any atom is 0.220 e. The van der Waals surface area contributed by atoms with Crippen LogP contribution in [0.5, 0.6) is 11.5 Å². The summed E-state index contributed by atoms with van der Waals surface area (Å²) in [6, 6.07) is 4.00. The van der Waals surface area contributed by atoms with Crippen LogP contribution in [0.4, 0.5) is 0 Å². The number of ether oxygens (including phenoxy) is 2. The summed E-state index contributed by atoms with van der Waals surface area (Å²) in [5, 5.41) is 3.73. The zero-order valence-corrected chi connectivity index (χ0v) is 15.2. The summed E-state index contributed by atoms with van der Waals surface area (Å²) in [6.07, 6.45) is 1.77. The summed E-state index contributed by atoms with van der Waals surface area (Å²) in [6.45, 7) is 6.57. The second-order valence-corrected chi connectivity index (χ2v) is 7.36. The third-order valence-corrected chi connectivity index (χ3v) is 4.92. The van der Waals surface area contributed by atoms with Gasteiger partial charge < -0.3 is 14.8 Å². The number of carbonyl (C=O) groups is 1. The first-order chi connectivity index (χ1) is 11.5. The first kappa shape index (κ1) is 17.4. The minimum absolute atomic E-state index is 0.0543. The van der Waals surface area contributed by atoms with Gasteiger partial charge in [0, 0.05) is 42.2 Å². The molecular weight excluding hydrogens is 328 g/mol. The smallest absolute Gasteiger partial charge is 0.220 e. The van der Waals surface area contributed by atoms with Gasteiger partial charge in [-0.25, -0.2) is 0 Å². The maximum absolute atomic E-state index is 11.6. The van der Waals surface area contributed by atoms with Crippen LogP contribution in [-0.4, -0.2) is 43.2 Å². The number of hydrogen-bond donors (Lipinski definition) is 1. The van der Waals surface area contributed by atoms with Gasteiger partial charge in [-0.2, -0.15) is 0 Å². The van der Waals surface area contributed by atoms with Crippen molar-refractivity contribution in [2.75, 3.05) is 20.2 Å². The molecular formula is C18H25ClN2O3. The van der Waals surface area contributed by atoms with Crippen molar-refractivity contribution in [3.05, 3.63) is 22.7 Å². The van der Waals surface area contributed by atoms with Gasteiger partial charge >= 0.3 is 0 Å². The predicted molar refractivity (Wildman–Crippen MR) is 93.7 cm³/mol. The van der Waals surface area contributed by atoms with E-state index >= 15 is 0 Å². The van der Waals surface area contributed by atoms with Gasteiger partial charge in [-0.1, -0.05) is 11.6 Å². The largest absolute Gasteiger partial charge is 0.493 e. The highest BCUT2D eigenvalue weighted by Gasteiger charge is 2.36. The van der Waals surface area contributed by atoms with Crippen molar-refractivity contribution < 1.29 is 14.3 Å². The Bertz CT molecular complexity index is 621. The highest BCUT2D eigenvalue weighted by Crippen LogP contribution is 2.37. The fraction of sp³-hybridized carbons (Fsp3) is 0.611. The SMILES string of the molecule is COc1cc(Cl)cc(CN2CC[C@@H]3CC(=O)N[C@@H]3C2)c1OC(C)C. The average Bonchev–Trinajstić information content (AvgIpc) is 2.88. The van der Waals surface area contributed by atoms with Crippen molar-refractivity contribution in [1.82, 2.24) is 10.2 Å². The number of likely N-dealkylation sites (tertiary alicyclic amines) is 1. The summed E-state index contributed by atoms with van der Waals surface area (Å²) < 4.78 is 11.4. The number of benzene rings is 1. The number of nitrogens with zero attached hydrogens (tertiary/aromatic N) is 1. The third-order valence-electron chi connectivity index (χ3n) is 4.70. The Morgan fingerprint density at radius 3 is 2.92 bits per heavy atom. The lowest BCUT2D eigenvalue weighted by Crippen LogP contribution is -2.46. The molecule has 2 heterocycles. The highest BCUT2D eigenvalue weighted by atomic mass is 35.5. The summed E-state index contributed by atoms with van der Waals surface area (Å²) in [5.41, 5.74) is 1.02. The lowest BCUT2D eigenvalue weighted by atomic mass is 9.92. The highest BCUT2D eigenvalue weighted by molar-refractivity contribution is 6.30. The molecule has 24 heavy (non-hydrogen) atoms. The number of piperidine rings is 1. The monoisotopic (exact) mass is 352 g/mol. The third kappa shape index (κ3) is 3.78. The fourth-order valence-corrected chi connectivity index (χ4v) is 3.86. The van der Waals surface area contributed by atoms with Crippen molar-refractivity contribution >= 4 is 17.5 Å². The number of methoxy groups -OCH3 is 1. The quantitative estimate of drug-likeness (QED) is 0.885. The molecule has 3 rings (SSSR count). The Balaban J connectivity index is 1.78. The molecule has 5 nitrogen and oxygen atoms in total. The van der Waals surface area contributed by atoms with Crippen LogP contribution in [0, 0.1) is 5.92 Å². The van der Waals surface area contributed by atoms with Gasteiger partial charge in [-0.3, -0.25) is 9.69 Å². The van der Waals surface area contributed by atoms with Gasteiger partial charge in [0.15, 0.2) is 11.5 Å². The molecule has 2 atom stereocenters. The van der Waals surface area contributed by atoms with E-state index in [4.69, 9.17) is 21.1 Å². The minimum Gasteiger partial charge on any atom is -0.493 e. The van der Waals surface area contributed by atoms with Crippen LogP contribution in [0.2, 0.25) is 5.02 Å². The van der Waals surface area contributed by atoms with Crippen molar-refractivity contribution in [1.29, 1.82) is 0 Å². The molecule has 2 aliphatic rings. The summed E-state index contributed by atoms with van der Waals surface area (Å²) >= 11 is 6.25. The van der Waals surface area contributed by atoms with Crippen LogP contribution in [0.1, 0.15) is 32.3 Å². The molecule has 2 fully saturated rings. The van der Waals surface area contributed by atoms with Crippen molar-refractivity contribution in [3.63, 3.8) is 0 Å². The maximum atomic E-state index is 11.6. The number of fused-ring (bicyclic) bond motifs is 1. The van der Waals surface area contributed by atoms with Crippen molar-refractivity contribution in [3.8, 4) is 11.5 Å². The van der Waals surface area contributed by atoms with Crippen LogP contribution in [0.15, 0.2) is 12.1 Å². The predicted octanol–water partition coefficient (Wildman–Crippen LogP) is 2.85. The fourth-order valence-electron chi connectivity index (χ4n) is 3.63. The van der Waals surface area contributed by atoms with E-state index in [1.807, 2.05) is 19.9 Å². The van der Waals surface area contributed by atoms with E-state index in [-0.39, 0.29) is 18.1 Å². The second kappa shape index (κ2) is 7.19. The molecule has 0 unspecified atom stereocenters. The first-order valence-corrected chi connectivity index (χ1v) is 8.89. The van der Waals surface area contributed by atoms with E-state index in [2.05, 4.69) is 10.2 Å². The topological polar surface area (TPSA) is 50.8 Å². The van der Waals surface area contributed by atoms with Crippen LogP contribution < -0.4 is 14.8 Å². The molecule has 1 N–H and O–H groups in total. The molecule has 1 aromatic rings. The van der Waals surface area contributed by atoms with Crippen LogP contribution in [0.3, 0.4) is 0 Å². The van der Waals surface area contributed by atoms with Gasteiger partial charge in [0.25, 0.3) is 0 Å². The molecule has 0 radical (unpaired) electrons. The summed E-state index contributed by atoms with van der Waals surface area (Å²) in [7, 11) is 1.63. The van der Waals surface area contributed by atoms with E-state index in [0.717, 1.165) is 37.4 Å². The first-order valence-electron chi connectivity index (χ1n) is 8.51. The molecule has 0 bridgehead atoms. The Hall–Kier alpha value is -1.46. The van der Waals surface area contributed by atoms with E-state index in [9.17, 15) is 4.79 Å². The Morgan fingerprint density at radius 1 is 1.42 bits per heavy atom. The molecule has 2 aliphatic heterocycles. The normalized spacial score (nSPS) is 24.0. The van der Waals surface area contributed by atoms with E-state index in [1.54, 1.807) is 13.2 Å². The van der Waals surface area contributed by atoms with E-state index < -0.39 is 0 Å². The number of amides is 1. The number of carbonyl (C=O) groups excluding carboxylic acids is 1. The van der Waals surface area contributed by atoms with Gasteiger partial charge in [-0.15, -0.1) is 0 Å². The van der Waals surface area contributed by atoms with Crippen LogP contribution >= 0.6 is 11.6 Å². The van der Waals surface area contributed by atoms with Gasteiger partial charge in [0.2, 0.25) is 5.91 Å². The Morgan fingerprint density at radius 2 is 2.21 bits per heavy atom. The zero-order chi connectivity index (χ0) is 17.3. The number of hydrogen-bond acceptors (Lipinski definition) is 4. The van der Waals surface area contributed by atoms with Crippen molar-refractivity contribution in [2.45, 2.75) is 45.4 Å². The van der Waals surface area contributed by atoms with E-state index in [0.29, 0.717) is 23.1 Å².